The third-order valence-corrected chi connectivity index (χ3v) is 2.76. The minimum atomic E-state index is 0.654. The van der Waals surface area contributed by atoms with E-state index in [1.165, 1.54) is 44.4 Å². The van der Waals surface area contributed by atoms with Gasteiger partial charge < -0.3 is 5.32 Å². The molecule has 1 atom stereocenters. The summed E-state index contributed by atoms with van der Waals surface area (Å²) in [6.45, 7) is 1.03. The number of nitrogens with one attached hydrogen (secondary N) is 1. The molecule has 0 bridgehead atoms. The number of aliphatic imine (C=N–C) groups is 1. The van der Waals surface area contributed by atoms with Crippen LogP contribution in [-0.4, -0.2) is 18.4 Å². The molecule has 2 aliphatic rings. The van der Waals surface area contributed by atoms with Gasteiger partial charge in [-0.15, -0.1) is 0 Å². The molecule has 0 aromatic heterocycles. The summed E-state index contributed by atoms with van der Waals surface area (Å²) >= 11 is 0. The van der Waals surface area contributed by atoms with E-state index in [0.717, 1.165) is 6.54 Å². The first kappa shape index (κ1) is 8.79. The lowest BCUT2D eigenvalue weighted by atomic mass is 10.0. The van der Waals surface area contributed by atoms with Gasteiger partial charge in [-0.25, -0.2) is 0 Å². The summed E-state index contributed by atoms with van der Waals surface area (Å²) in [6, 6.07) is 0.654. The summed E-state index contributed by atoms with van der Waals surface area (Å²) < 4.78 is 0. The standard InChI is InChI=1S/C11H18N2/c1-2-6-10(7-3-1)13-11-8-4-5-9-12-11/h1-2,10H,3-9H2,(H,12,13). The second-order valence-corrected chi connectivity index (χ2v) is 3.91. The number of nitrogens with zero attached hydrogens (tertiary/aromatic N) is 1. The van der Waals surface area contributed by atoms with Crippen LogP contribution < -0.4 is 5.32 Å². The zero-order valence-corrected chi connectivity index (χ0v) is 8.13. The molecule has 0 spiro atoms. The highest BCUT2D eigenvalue weighted by atomic mass is 15.0. The van der Waals surface area contributed by atoms with Gasteiger partial charge in [0.1, 0.15) is 0 Å². The Bertz CT molecular complexity index is 218. The summed E-state index contributed by atoms with van der Waals surface area (Å²) in [5, 5.41) is 3.56. The van der Waals surface area contributed by atoms with Crippen molar-refractivity contribution in [3.05, 3.63) is 12.2 Å². The number of hydrogen-bond acceptors (Lipinski definition) is 2. The molecule has 1 unspecified atom stereocenters. The zero-order chi connectivity index (χ0) is 8.93. The number of hydrogen-bond donors (Lipinski definition) is 1. The lowest BCUT2D eigenvalue weighted by Gasteiger charge is -2.23. The topological polar surface area (TPSA) is 24.4 Å². The minimum Gasteiger partial charge on any atom is -0.371 e. The molecule has 13 heavy (non-hydrogen) atoms. The van der Waals surface area contributed by atoms with E-state index in [-0.39, 0.29) is 0 Å². The third-order valence-electron chi connectivity index (χ3n) is 2.76. The van der Waals surface area contributed by atoms with E-state index in [0.29, 0.717) is 6.04 Å². The van der Waals surface area contributed by atoms with Gasteiger partial charge in [0, 0.05) is 19.0 Å². The molecule has 2 rings (SSSR count). The molecule has 0 aromatic carbocycles. The van der Waals surface area contributed by atoms with Crippen LogP contribution in [0.5, 0.6) is 0 Å². The molecule has 0 saturated heterocycles. The van der Waals surface area contributed by atoms with Crippen LogP contribution in [0.1, 0.15) is 38.5 Å². The first-order valence-electron chi connectivity index (χ1n) is 5.40. The van der Waals surface area contributed by atoms with E-state index in [4.69, 9.17) is 0 Å². The second kappa shape index (κ2) is 4.45. The fourth-order valence-corrected chi connectivity index (χ4v) is 1.98. The molecule has 1 aliphatic carbocycles. The van der Waals surface area contributed by atoms with Gasteiger partial charge in [0.2, 0.25) is 0 Å². The van der Waals surface area contributed by atoms with Crippen molar-refractivity contribution in [2.75, 3.05) is 6.54 Å². The Kier molecular flexibility index (Phi) is 3.01. The van der Waals surface area contributed by atoms with Crippen LogP contribution >= 0.6 is 0 Å². The first-order valence-corrected chi connectivity index (χ1v) is 5.40. The molecule has 1 N–H and O–H groups in total. The smallest absolute Gasteiger partial charge is 0.0965 e. The van der Waals surface area contributed by atoms with E-state index in [1.54, 1.807) is 0 Å². The van der Waals surface area contributed by atoms with Crippen LogP contribution in [0, 0.1) is 0 Å². The molecule has 72 valence electrons. The molecule has 0 aromatic rings. The van der Waals surface area contributed by atoms with Gasteiger partial charge >= 0.3 is 0 Å². The highest BCUT2D eigenvalue weighted by molar-refractivity contribution is 5.82. The normalized spacial score (nSPS) is 28.3. The molecule has 1 heterocycles. The summed E-state index contributed by atoms with van der Waals surface area (Å²) in [5.41, 5.74) is 0. The highest BCUT2D eigenvalue weighted by Gasteiger charge is 2.12. The molecule has 0 saturated carbocycles. The summed E-state index contributed by atoms with van der Waals surface area (Å²) in [5.74, 6) is 1.26. The van der Waals surface area contributed by atoms with Crippen molar-refractivity contribution in [3.8, 4) is 0 Å². The molecule has 0 radical (unpaired) electrons. The van der Waals surface area contributed by atoms with Crippen molar-refractivity contribution < 1.29 is 0 Å². The van der Waals surface area contributed by atoms with Crippen LogP contribution in [0.4, 0.5) is 0 Å². The summed E-state index contributed by atoms with van der Waals surface area (Å²) in [4.78, 5) is 4.50. The summed E-state index contributed by atoms with van der Waals surface area (Å²) in [7, 11) is 0. The van der Waals surface area contributed by atoms with Crippen molar-refractivity contribution in [1.29, 1.82) is 0 Å². The van der Waals surface area contributed by atoms with Crippen molar-refractivity contribution in [3.63, 3.8) is 0 Å². The van der Waals surface area contributed by atoms with Gasteiger partial charge in [-0.2, -0.15) is 0 Å². The lowest BCUT2D eigenvalue weighted by Crippen LogP contribution is -2.36. The Morgan fingerprint density at radius 1 is 1.31 bits per heavy atom. The van der Waals surface area contributed by atoms with E-state index in [9.17, 15) is 0 Å². The number of rotatable bonds is 1. The maximum atomic E-state index is 4.50. The van der Waals surface area contributed by atoms with E-state index in [2.05, 4.69) is 22.5 Å². The molecule has 0 fully saturated rings. The average molecular weight is 178 g/mol. The lowest BCUT2D eigenvalue weighted by molar-refractivity contribution is 0.540. The van der Waals surface area contributed by atoms with Crippen LogP contribution in [0.25, 0.3) is 0 Å². The van der Waals surface area contributed by atoms with E-state index >= 15 is 0 Å². The van der Waals surface area contributed by atoms with Crippen molar-refractivity contribution in [1.82, 2.24) is 5.32 Å². The van der Waals surface area contributed by atoms with Gasteiger partial charge in [-0.05, 0) is 32.1 Å². The molecule has 0 amide bonds. The zero-order valence-electron chi connectivity index (χ0n) is 8.13. The van der Waals surface area contributed by atoms with Gasteiger partial charge in [0.05, 0.1) is 5.84 Å². The van der Waals surface area contributed by atoms with Gasteiger partial charge in [0.15, 0.2) is 0 Å². The van der Waals surface area contributed by atoms with Crippen molar-refractivity contribution in [2.24, 2.45) is 4.99 Å². The fourth-order valence-electron chi connectivity index (χ4n) is 1.98. The molecule has 2 heteroatoms. The fraction of sp³-hybridized carbons (Fsp3) is 0.727. The Morgan fingerprint density at radius 3 is 3.00 bits per heavy atom. The third kappa shape index (κ3) is 2.58. The highest BCUT2D eigenvalue weighted by Crippen LogP contribution is 2.12. The first-order chi connectivity index (χ1) is 6.45. The number of allylic oxidation sites excluding steroid dienone is 1. The Hall–Kier alpha value is -0.790. The van der Waals surface area contributed by atoms with Gasteiger partial charge in [0.25, 0.3) is 0 Å². The Morgan fingerprint density at radius 2 is 2.31 bits per heavy atom. The van der Waals surface area contributed by atoms with Gasteiger partial charge in [-0.1, -0.05) is 12.2 Å². The Balaban J connectivity index is 1.82. The van der Waals surface area contributed by atoms with E-state index < -0.39 is 0 Å². The van der Waals surface area contributed by atoms with Crippen LogP contribution in [-0.2, 0) is 0 Å². The van der Waals surface area contributed by atoms with Gasteiger partial charge in [-0.3, -0.25) is 4.99 Å². The second-order valence-electron chi connectivity index (χ2n) is 3.91. The van der Waals surface area contributed by atoms with Crippen molar-refractivity contribution in [2.45, 2.75) is 44.6 Å². The molecule has 1 aliphatic heterocycles. The largest absolute Gasteiger partial charge is 0.371 e. The van der Waals surface area contributed by atoms with Crippen LogP contribution in [0.3, 0.4) is 0 Å². The maximum Gasteiger partial charge on any atom is 0.0965 e. The number of amidine groups is 1. The monoisotopic (exact) mass is 178 g/mol. The van der Waals surface area contributed by atoms with Crippen LogP contribution in [0.2, 0.25) is 0 Å². The SMILES string of the molecule is C1=CCC(NC2=NCCCC2)CC1. The minimum absolute atomic E-state index is 0.654. The molecule has 2 nitrogen and oxygen atoms in total. The quantitative estimate of drug-likeness (QED) is 0.612. The average Bonchev–Trinajstić information content (AvgIpc) is 2.21. The Labute approximate surface area is 80.1 Å². The predicted molar refractivity (Wildman–Crippen MR) is 56.1 cm³/mol. The summed E-state index contributed by atoms with van der Waals surface area (Å²) in [6.07, 6.45) is 12.0. The molecular formula is C11H18N2. The van der Waals surface area contributed by atoms with Crippen molar-refractivity contribution >= 4 is 5.84 Å². The maximum absolute atomic E-state index is 4.50. The molecular weight excluding hydrogens is 160 g/mol. The predicted octanol–water partition coefficient (Wildman–Crippen LogP) is 2.27. The van der Waals surface area contributed by atoms with E-state index in [1.807, 2.05) is 0 Å². The van der Waals surface area contributed by atoms with Crippen LogP contribution in [0.15, 0.2) is 17.1 Å².